The van der Waals surface area contributed by atoms with Gasteiger partial charge in [-0.2, -0.15) is 0 Å². The molecule has 0 aliphatic heterocycles. The first-order valence-electron chi connectivity index (χ1n) is 7.47. The third kappa shape index (κ3) is 3.15. The molecule has 1 fully saturated rings. The molecule has 20 heavy (non-hydrogen) atoms. The van der Waals surface area contributed by atoms with Gasteiger partial charge in [-0.05, 0) is 50.6 Å². The van der Waals surface area contributed by atoms with Crippen LogP contribution in [0.4, 0.5) is 0 Å². The van der Waals surface area contributed by atoms with Gasteiger partial charge in [0.25, 0.3) is 0 Å². The van der Waals surface area contributed by atoms with E-state index in [0.717, 1.165) is 30.7 Å². The van der Waals surface area contributed by atoms with Crippen LogP contribution in [0, 0.1) is 11.8 Å². The monoisotopic (exact) mass is 277 g/mol. The maximum Gasteiger partial charge on any atom is 0.119 e. The molecule has 1 N–H and O–H groups in total. The van der Waals surface area contributed by atoms with Crippen molar-refractivity contribution >= 4 is 0 Å². The van der Waals surface area contributed by atoms with Gasteiger partial charge in [0.1, 0.15) is 5.75 Å². The van der Waals surface area contributed by atoms with E-state index in [1.54, 1.807) is 7.11 Å². The molecule has 0 heterocycles. The molecule has 0 spiro atoms. The van der Waals surface area contributed by atoms with Crippen molar-refractivity contribution in [2.75, 3.05) is 27.7 Å². The molecule has 1 aromatic carbocycles. The van der Waals surface area contributed by atoms with Crippen molar-refractivity contribution in [2.24, 2.45) is 11.8 Å². The quantitative estimate of drug-likeness (QED) is 0.918. The molecule has 3 atom stereocenters. The van der Waals surface area contributed by atoms with Gasteiger partial charge >= 0.3 is 0 Å². The Hall–Kier alpha value is -1.06. The lowest BCUT2D eigenvalue weighted by Gasteiger charge is -2.44. The summed E-state index contributed by atoms with van der Waals surface area (Å²) in [7, 11) is 5.82. The normalized spacial score (nSPS) is 30.5. The van der Waals surface area contributed by atoms with Gasteiger partial charge in [-0.25, -0.2) is 0 Å². The van der Waals surface area contributed by atoms with Crippen molar-refractivity contribution in [3.63, 3.8) is 0 Å². The second-order valence-electron chi connectivity index (χ2n) is 6.50. The number of benzene rings is 1. The van der Waals surface area contributed by atoms with Gasteiger partial charge in [-0.15, -0.1) is 0 Å². The number of rotatable bonds is 4. The molecule has 0 unspecified atom stereocenters. The zero-order valence-corrected chi connectivity index (χ0v) is 13.1. The number of methoxy groups -OCH3 is 1. The Bertz CT molecular complexity index is 446. The third-order valence-corrected chi connectivity index (χ3v) is 4.50. The van der Waals surface area contributed by atoms with Crippen LogP contribution in [0.1, 0.15) is 31.7 Å². The SMILES string of the molecule is COc1cccc([C@]2(O)C[C@@H](C)CC[C@H]2CN(C)C)c1. The fourth-order valence-electron chi connectivity index (χ4n) is 3.45. The molecule has 0 radical (unpaired) electrons. The van der Waals surface area contributed by atoms with Crippen molar-refractivity contribution in [3.8, 4) is 5.75 Å². The molecular formula is C17H27NO2. The molecule has 2 rings (SSSR count). The Morgan fingerprint density at radius 1 is 1.35 bits per heavy atom. The van der Waals surface area contributed by atoms with Crippen LogP contribution in [0.3, 0.4) is 0 Å². The zero-order valence-electron chi connectivity index (χ0n) is 13.1. The molecule has 1 saturated carbocycles. The first-order chi connectivity index (χ1) is 9.45. The van der Waals surface area contributed by atoms with E-state index in [1.807, 2.05) is 24.3 Å². The summed E-state index contributed by atoms with van der Waals surface area (Å²) in [5.41, 5.74) is 0.256. The van der Waals surface area contributed by atoms with Crippen LogP contribution < -0.4 is 4.74 Å². The van der Waals surface area contributed by atoms with E-state index in [9.17, 15) is 5.11 Å². The average Bonchev–Trinajstić information content (AvgIpc) is 2.42. The predicted molar refractivity (Wildman–Crippen MR) is 81.9 cm³/mol. The van der Waals surface area contributed by atoms with Gasteiger partial charge in [0.05, 0.1) is 12.7 Å². The minimum atomic E-state index is -0.740. The Kier molecular flexibility index (Phi) is 4.71. The van der Waals surface area contributed by atoms with E-state index < -0.39 is 5.60 Å². The van der Waals surface area contributed by atoms with Crippen molar-refractivity contribution in [1.82, 2.24) is 4.90 Å². The third-order valence-electron chi connectivity index (χ3n) is 4.50. The summed E-state index contributed by atoms with van der Waals surface area (Å²) in [6.45, 7) is 3.15. The molecule has 0 saturated heterocycles. The Balaban J connectivity index is 2.34. The van der Waals surface area contributed by atoms with Crippen molar-refractivity contribution in [3.05, 3.63) is 29.8 Å². The van der Waals surface area contributed by atoms with Gasteiger partial charge < -0.3 is 14.7 Å². The smallest absolute Gasteiger partial charge is 0.119 e. The van der Waals surface area contributed by atoms with Crippen LogP contribution in [0.2, 0.25) is 0 Å². The summed E-state index contributed by atoms with van der Waals surface area (Å²) >= 11 is 0. The molecule has 112 valence electrons. The number of nitrogens with zero attached hydrogens (tertiary/aromatic N) is 1. The van der Waals surface area contributed by atoms with E-state index >= 15 is 0 Å². The largest absolute Gasteiger partial charge is 0.497 e. The van der Waals surface area contributed by atoms with Crippen LogP contribution in [-0.2, 0) is 5.60 Å². The van der Waals surface area contributed by atoms with Gasteiger partial charge in [-0.3, -0.25) is 0 Å². The fraction of sp³-hybridized carbons (Fsp3) is 0.647. The molecule has 0 bridgehead atoms. The van der Waals surface area contributed by atoms with Crippen molar-refractivity contribution in [2.45, 2.75) is 31.8 Å². The van der Waals surface area contributed by atoms with E-state index in [2.05, 4.69) is 25.9 Å². The highest BCUT2D eigenvalue weighted by Crippen LogP contribution is 2.44. The number of ether oxygens (including phenoxy) is 1. The second-order valence-corrected chi connectivity index (χ2v) is 6.50. The van der Waals surface area contributed by atoms with Gasteiger partial charge in [-0.1, -0.05) is 25.5 Å². The van der Waals surface area contributed by atoms with Gasteiger partial charge in [0.2, 0.25) is 0 Å². The van der Waals surface area contributed by atoms with Crippen molar-refractivity contribution in [1.29, 1.82) is 0 Å². The Labute approximate surface area is 122 Å². The first kappa shape index (κ1) is 15.3. The molecule has 0 aromatic heterocycles. The molecule has 1 aromatic rings. The van der Waals surface area contributed by atoms with Crippen molar-refractivity contribution < 1.29 is 9.84 Å². The van der Waals surface area contributed by atoms with Crippen LogP contribution in [0.25, 0.3) is 0 Å². The summed E-state index contributed by atoms with van der Waals surface area (Å²) in [6.07, 6.45) is 3.11. The van der Waals surface area contributed by atoms with E-state index in [0.29, 0.717) is 5.92 Å². The number of aliphatic hydroxyl groups is 1. The fourth-order valence-corrected chi connectivity index (χ4v) is 3.45. The standard InChI is InChI=1S/C17H27NO2/c1-13-8-9-15(12-18(2)3)17(19,11-13)14-6-5-7-16(10-14)20-4/h5-7,10,13,15,19H,8-9,11-12H2,1-4H3/t13-,15-,17+/m0/s1. The molecule has 1 aliphatic rings. The zero-order chi connectivity index (χ0) is 14.8. The van der Waals surface area contributed by atoms with Crippen LogP contribution in [0.5, 0.6) is 5.75 Å². The van der Waals surface area contributed by atoms with E-state index in [4.69, 9.17) is 4.74 Å². The van der Waals surface area contributed by atoms with Gasteiger partial charge in [0.15, 0.2) is 0 Å². The topological polar surface area (TPSA) is 32.7 Å². The molecule has 1 aliphatic carbocycles. The highest BCUT2D eigenvalue weighted by molar-refractivity contribution is 5.33. The molecule has 3 nitrogen and oxygen atoms in total. The summed E-state index contributed by atoms with van der Waals surface area (Å²) in [6, 6.07) is 7.92. The van der Waals surface area contributed by atoms with E-state index in [-0.39, 0.29) is 5.92 Å². The summed E-state index contributed by atoms with van der Waals surface area (Å²) in [4.78, 5) is 2.17. The minimum Gasteiger partial charge on any atom is -0.497 e. The van der Waals surface area contributed by atoms with Gasteiger partial charge in [0, 0.05) is 12.5 Å². The molecular weight excluding hydrogens is 250 g/mol. The predicted octanol–water partition coefficient (Wildman–Crippen LogP) is 2.88. The minimum absolute atomic E-state index is 0.279. The number of hydrogen-bond donors (Lipinski definition) is 1. The Morgan fingerprint density at radius 2 is 2.10 bits per heavy atom. The lowest BCUT2D eigenvalue weighted by molar-refractivity contribution is -0.0766. The van der Waals surface area contributed by atoms with E-state index in [1.165, 1.54) is 6.42 Å². The Morgan fingerprint density at radius 3 is 2.75 bits per heavy atom. The highest BCUT2D eigenvalue weighted by atomic mass is 16.5. The van der Waals surface area contributed by atoms with Crippen LogP contribution in [0.15, 0.2) is 24.3 Å². The highest BCUT2D eigenvalue weighted by Gasteiger charge is 2.42. The summed E-state index contributed by atoms with van der Waals surface area (Å²) in [5.74, 6) is 1.66. The maximum atomic E-state index is 11.4. The first-order valence-corrected chi connectivity index (χ1v) is 7.47. The summed E-state index contributed by atoms with van der Waals surface area (Å²) in [5, 5.41) is 11.4. The maximum absolute atomic E-state index is 11.4. The molecule has 3 heteroatoms. The second kappa shape index (κ2) is 6.15. The lowest BCUT2D eigenvalue weighted by atomic mass is 9.68. The number of hydrogen-bond acceptors (Lipinski definition) is 3. The lowest BCUT2D eigenvalue weighted by Crippen LogP contribution is -2.45. The average molecular weight is 277 g/mol. The summed E-state index contributed by atoms with van der Waals surface area (Å²) < 4.78 is 5.31. The van der Waals surface area contributed by atoms with Crippen LogP contribution in [-0.4, -0.2) is 37.8 Å². The molecule has 0 amide bonds. The van der Waals surface area contributed by atoms with Crippen LogP contribution >= 0.6 is 0 Å².